The maximum Gasteiger partial charge on any atom is 0.416 e. The Hall–Kier alpha value is -1.14. The van der Waals surface area contributed by atoms with Gasteiger partial charge in [-0.3, -0.25) is 0 Å². The van der Waals surface area contributed by atoms with Crippen molar-refractivity contribution in [2.75, 3.05) is 6.61 Å². The number of alkyl halides is 3. The highest BCUT2D eigenvalue weighted by Gasteiger charge is 2.38. The summed E-state index contributed by atoms with van der Waals surface area (Å²) in [6, 6.07) is 2.07. The molecular weight excluding hydrogens is 238 g/mol. The van der Waals surface area contributed by atoms with Gasteiger partial charge in [0.15, 0.2) is 0 Å². The summed E-state index contributed by atoms with van der Waals surface area (Å²) in [4.78, 5) is 0. The number of halogens is 4. The van der Waals surface area contributed by atoms with Crippen molar-refractivity contribution in [1.29, 1.82) is 0 Å². The summed E-state index contributed by atoms with van der Waals surface area (Å²) >= 11 is 0. The molecule has 2 unspecified atom stereocenters. The first-order valence-electron chi connectivity index (χ1n) is 5.13. The van der Waals surface area contributed by atoms with Crippen LogP contribution in [0.25, 0.3) is 0 Å². The molecule has 0 spiro atoms. The zero-order valence-corrected chi connectivity index (χ0v) is 8.80. The van der Waals surface area contributed by atoms with E-state index in [2.05, 4.69) is 0 Å². The minimum atomic E-state index is -4.61. The van der Waals surface area contributed by atoms with Crippen LogP contribution < -0.4 is 5.73 Å². The van der Waals surface area contributed by atoms with Crippen LogP contribution in [0.5, 0.6) is 0 Å². The molecule has 1 heterocycles. The van der Waals surface area contributed by atoms with E-state index in [9.17, 15) is 17.6 Å². The molecule has 0 radical (unpaired) electrons. The van der Waals surface area contributed by atoms with Crippen molar-refractivity contribution in [3.63, 3.8) is 0 Å². The summed E-state index contributed by atoms with van der Waals surface area (Å²) in [6.45, 7) is 0.320. The van der Waals surface area contributed by atoms with E-state index < -0.39 is 29.7 Å². The zero-order chi connectivity index (χ0) is 12.6. The third kappa shape index (κ3) is 2.42. The van der Waals surface area contributed by atoms with Crippen LogP contribution in [0.3, 0.4) is 0 Å². The van der Waals surface area contributed by atoms with E-state index in [1.165, 1.54) is 0 Å². The molecule has 1 aromatic carbocycles. The lowest BCUT2D eigenvalue weighted by molar-refractivity contribution is -0.139. The van der Waals surface area contributed by atoms with Crippen LogP contribution in [0.1, 0.15) is 23.7 Å². The molecule has 2 nitrogen and oxygen atoms in total. The minimum Gasteiger partial charge on any atom is -0.372 e. The molecule has 0 bridgehead atoms. The van der Waals surface area contributed by atoms with Gasteiger partial charge in [-0.15, -0.1) is 0 Å². The summed E-state index contributed by atoms with van der Waals surface area (Å²) in [7, 11) is 0. The lowest BCUT2D eigenvalue weighted by Gasteiger charge is -2.20. The predicted octanol–water partition coefficient (Wildman–Crippen LogP) is 2.63. The quantitative estimate of drug-likeness (QED) is 0.776. The molecule has 0 aliphatic carbocycles. The highest BCUT2D eigenvalue weighted by molar-refractivity contribution is 5.33. The Bertz CT molecular complexity index is 418. The van der Waals surface area contributed by atoms with Gasteiger partial charge in [0.2, 0.25) is 0 Å². The second-order valence-electron chi connectivity index (χ2n) is 3.97. The normalized spacial score (nSPS) is 25.2. The van der Waals surface area contributed by atoms with E-state index in [1.807, 2.05) is 0 Å². The van der Waals surface area contributed by atoms with Crippen LogP contribution in [0.4, 0.5) is 17.6 Å². The molecule has 2 atom stereocenters. The maximum absolute atomic E-state index is 12.9. The van der Waals surface area contributed by atoms with E-state index in [1.54, 1.807) is 0 Å². The molecule has 6 heteroatoms. The maximum atomic E-state index is 12.9. The van der Waals surface area contributed by atoms with Crippen LogP contribution in [0.15, 0.2) is 18.2 Å². The predicted molar refractivity (Wildman–Crippen MR) is 52.7 cm³/mol. The van der Waals surface area contributed by atoms with Gasteiger partial charge >= 0.3 is 6.18 Å². The summed E-state index contributed by atoms with van der Waals surface area (Å²) in [5.41, 5.74) is 4.57. The molecule has 94 valence electrons. The first kappa shape index (κ1) is 12.3. The third-order valence-electron chi connectivity index (χ3n) is 2.76. The van der Waals surface area contributed by atoms with E-state index in [4.69, 9.17) is 10.5 Å². The Kier molecular flexibility index (Phi) is 3.09. The van der Waals surface area contributed by atoms with Gasteiger partial charge in [0, 0.05) is 12.6 Å². The average Bonchev–Trinajstić information content (AvgIpc) is 2.63. The first-order chi connectivity index (χ1) is 7.89. The zero-order valence-electron chi connectivity index (χ0n) is 8.80. The Morgan fingerprint density at radius 1 is 1.29 bits per heavy atom. The molecule has 1 aliphatic rings. The molecular formula is C11H11F4NO. The number of benzene rings is 1. The molecule has 1 fully saturated rings. The Balaban J connectivity index is 2.46. The smallest absolute Gasteiger partial charge is 0.372 e. The molecule has 0 amide bonds. The van der Waals surface area contributed by atoms with E-state index >= 15 is 0 Å². The Labute approximate surface area is 95.4 Å². The largest absolute Gasteiger partial charge is 0.416 e. The average molecular weight is 249 g/mol. The number of rotatable bonds is 1. The van der Waals surface area contributed by atoms with E-state index in [0.29, 0.717) is 19.1 Å². The van der Waals surface area contributed by atoms with Crippen LogP contribution in [-0.4, -0.2) is 12.6 Å². The second-order valence-corrected chi connectivity index (χ2v) is 3.97. The van der Waals surface area contributed by atoms with Crippen molar-refractivity contribution >= 4 is 0 Å². The van der Waals surface area contributed by atoms with Crippen LogP contribution in [0.2, 0.25) is 0 Å². The Morgan fingerprint density at radius 2 is 2.00 bits per heavy atom. The van der Waals surface area contributed by atoms with Crippen LogP contribution in [-0.2, 0) is 10.9 Å². The fourth-order valence-electron chi connectivity index (χ4n) is 1.95. The molecule has 2 N–H and O–H groups in total. The molecule has 0 aromatic heterocycles. The summed E-state index contributed by atoms with van der Waals surface area (Å²) < 4.78 is 56.3. The standard InChI is InChI=1S/C11H11F4NO/c12-6-1-2-7(8(5-6)11(13,14)15)10-9(16)3-4-17-10/h1-2,5,9-10H,3-4,16H2. The molecule has 1 aromatic rings. The van der Waals surface area contributed by atoms with Crippen molar-refractivity contribution < 1.29 is 22.3 Å². The topological polar surface area (TPSA) is 35.2 Å². The van der Waals surface area contributed by atoms with Crippen molar-refractivity contribution in [3.05, 3.63) is 35.1 Å². The fraction of sp³-hybridized carbons (Fsp3) is 0.455. The fourth-order valence-corrected chi connectivity index (χ4v) is 1.95. The van der Waals surface area contributed by atoms with Crippen molar-refractivity contribution in [3.8, 4) is 0 Å². The minimum absolute atomic E-state index is 0.0936. The van der Waals surface area contributed by atoms with E-state index in [0.717, 1.165) is 12.1 Å². The first-order valence-corrected chi connectivity index (χ1v) is 5.13. The highest BCUT2D eigenvalue weighted by atomic mass is 19.4. The van der Waals surface area contributed by atoms with Gasteiger partial charge in [-0.2, -0.15) is 13.2 Å². The highest BCUT2D eigenvalue weighted by Crippen LogP contribution is 2.38. The number of hydrogen-bond donors (Lipinski definition) is 1. The van der Waals surface area contributed by atoms with Crippen LogP contribution in [0, 0.1) is 5.82 Å². The second kappa shape index (κ2) is 4.27. The molecule has 1 saturated heterocycles. The van der Waals surface area contributed by atoms with Gasteiger partial charge in [-0.1, -0.05) is 6.07 Å². The number of nitrogens with two attached hydrogens (primary N) is 1. The SMILES string of the molecule is NC1CCOC1c1ccc(F)cc1C(F)(F)F. The van der Waals surface area contributed by atoms with Gasteiger partial charge in [0.05, 0.1) is 11.7 Å². The number of hydrogen-bond acceptors (Lipinski definition) is 2. The van der Waals surface area contributed by atoms with Crippen molar-refractivity contribution in [1.82, 2.24) is 0 Å². The molecule has 1 aliphatic heterocycles. The van der Waals surface area contributed by atoms with Crippen molar-refractivity contribution in [2.24, 2.45) is 5.73 Å². The lowest BCUT2D eigenvalue weighted by Crippen LogP contribution is -2.25. The van der Waals surface area contributed by atoms with Gasteiger partial charge in [0.25, 0.3) is 0 Å². The van der Waals surface area contributed by atoms with Gasteiger partial charge < -0.3 is 10.5 Å². The van der Waals surface area contributed by atoms with Gasteiger partial charge in [-0.25, -0.2) is 4.39 Å². The summed E-state index contributed by atoms with van der Waals surface area (Å²) in [5, 5.41) is 0. The molecule has 2 rings (SSSR count). The Morgan fingerprint density at radius 3 is 2.53 bits per heavy atom. The van der Waals surface area contributed by atoms with Gasteiger partial charge in [0.1, 0.15) is 5.82 Å². The third-order valence-corrected chi connectivity index (χ3v) is 2.76. The summed E-state index contributed by atoms with van der Waals surface area (Å²) in [6.07, 6.45) is -4.92. The number of ether oxygens (including phenoxy) is 1. The summed E-state index contributed by atoms with van der Waals surface area (Å²) in [5.74, 6) is -0.923. The molecule has 0 saturated carbocycles. The monoisotopic (exact) mass is 249 g/mol. The van der Waals surface area contributed by atoms with Gasteiger partial charge in [-0.05, 0) is 24.1 Å². The van der Waals surface area contributed by atoms with Crippen LogP contribution >= 0.6 is 0 Å². The molecule has 17 heavy (non-hydrogen) atoms. The lowest BCUT2D eigenvalue weighted by atomic mass is 9.97. The van der Waals surface area contributed by atoms with E-state index in [-0.39, 0.29) is 5.56 Å². The van der Waals surface area contributed by atoms with Crippen molar-refractivity contribution in [2.45, 2.75) is 24.7 Å².